The Balaban J connectivity index is 1.54. The largest absolute Gasteiger partial charge is 0.324 e. The van der Waals surface area contributed by atoms with Crippen molar-refractivity contribution in [2.75, 3.05) is 5.32 Å². The third-order valence-electron chi connectivity index (χ3n) is 5.80. The van der Waals surface area contributed by atoms with Crippen molar-refractivity contribution in [3.05, 3.63) is 39.3 Å². The summed E-state index contributed by atoms with van der Waals surface area (Å²) in [6.45, 7) is 3.44. The molecule has 0 unspecified atom stereocenters. The molecule has 4 rings (SSSR count). The van der Waals surface area contributed by atoms with Crippen LogP contribution < -0.4 is 5.32 Å². The SMILES string of the molecule is Cc1cc(Br)c(Cl)cc1NC(=O)[C@H](C)N1C(=O)[C@@H]2[C@@H](C1=O)[C@H]1C=C[C@H]2C1. The molecule has 7 heteroatoms. The summed E-state index contributed by atoms with van der Waals surface area (Å²) in [5.41, 5.74) is 1.40. The summed E-state index contributed by atoms with van der Waals surface area (Å²) in [6.07, 6.45) is 4.95. The fourth-order valence-corrected chi connectivity index (χ4v) is 5.06. The fourth-order valence-electron chi connectivity index (χ4n) is 4.44. The van der Waals surface area contributed by atoms with Gasteiger partial charge in [-0.1, -0.05) is 23.8 Å². The van der Waals surface area contributed by atoms with Crippen LogP contribution in [0.4, 0.5) is 5.69 Å². The molecule has 3 amide bonds. The molecule has 1 saturated carbocycles. The predicted octanol–water partition coefficient (Wildman–Crippen LogP) is 3.55. The lowest BCUT2D eigenvalue weighted by atomic mass is 9.85. The number of benzene rings is 1. The van der Waals surface area contributed by atoms with Gasteiger partial charge in [0.05, 0.1) is 16.9 Å². The van der Waals surface area contributed by atoms with E-state index in [4.69, 9.17) is 11.6 Å². The van der Waals surface area contributed by atoms with Crippen LogP contribution in [0.5, 0.6) is 0 Å². The van der Waals surface area contributed by atoms with E-state index in [2.05, 4.69) is 21.2 Å². The average molecular weight is 438 g/mol. The van der Waals surface area contributed by atoms with Gasteiger partial charge in [-0.15, -0.1) is 0 Å². The average Bonchev–Trinajstić information content (AvgIpc) is 3.26. The van der Waals surface area contributed by atoms with Crippen molar-refractivity contribution in [1.29, 1.82) is 0 Å². The van der Waals surface area contributed by atoms with E-state index in [1.54, 1.807) is 13.0 Å². The molecule has 0 aromatic heterocycles. The van der Waals surface area contributed by atoms with Gasteiger partial charge in [-0.05, 0) is 65.7 Å². The van der Waals surface area contributed by atoms with Gasteiger partial charge in [-0.25, -0.2) is 0 Å². The number of imide groups is 1. The Hall–Kier alpha value is -1.66. The molecular weight excluding hydrogens is 420 g/mol. The van der Waals surface area contributed by atoms with E-state index in [1.807, 2.05) is 25.1 Å². The van der Waals surface area contributed by atoms with Crippen LogP contribution in [0.2, 0.25) is 5.02 Å². The van der Waals surface area contributed by atoms with E-state index in [0.29, 0.717) is 10.7 Å². The van der Waals surface area contributed by atoms with E-state index < -0.39 is 11.9 Å². The molecule has 1 aromatic carbocycles. The van der Waals surface area contributed by atoms with E-state index >= 15 is 0 Å². The first-order valence-electron chi connectivity index (χ1n) is 8.61. The summed E-state index contributed by atoms with van der Waals surface area (Å²) in [5, 5.41) is 3.27. The second-order valence-electron chi connectivity index (χ2n) is 7.29. The molecule has 5 nitrogen and oxygen atoms in total. The van der Waals surface area contributed by atoms with Gasteiger partial charge in [0.1, 0.15) is 6.04 Å². The zero-order valence-corrected chi connectivity index (χ0v) is 16.7. The lowest BCUT2D eigenvalue weighted by Crippen LogP contribution is -2.46. The standard InChI is InChI=1S/C19H18BrClN2O3/c1-8-5-12(20)13(21)7-14(8)22-17(24)9(2)23-18(25)15-10-3-4-11(6-10)16(15)19(23)26/h3-5,7,9-11,15-16H,6H2,1-2H3,(H,22,24)/t9-,10-,11-,15-,16-/m0/s1. The van der Waals surface area contributed by atoms with Gasteiger partial charge in [-0.3, -0.25) is 19.3 Å². The van der Waals surface area contributed by atoms with Crippen molar-refractivity contribution >= 4 is 50.9 Å². The number of nitrogens with zero attached hydrogens (tertiary/aromatic N) is 1. The van der Waals surface area contributed by atoms with Crippen LogP contribution >= 0.6 is 27.5 Å². The molecule has 2 fully saturated rings. The van der Waals surface area contributed by atoms with Crippen molar-refractivity contribution < 1.29 is 14.4 Å². The summed E-state index contributed by atoms with van der Waals surface area (Å²) >= 11 is 9.44. The van der Waals surface area contributed by atoms with Crippen LogP contribution in [0.15, 0.2) is 28.8 Å². The van der Waals surface area contributed by atoms with Crippen LogP contribution in [0, 0.1) is 30.6 Å². The predicted molar refractivity (Wildman–Crippen MR) is 102 cm³/mol. The monoisotopic (exact) mass is 436 g/mol. The van der Waals surface area contributed by atoms with Crippen molar-refractivity contribution in [3.8, 4) is 0 Å². The summed E-state index contributed by atoms with van der Waals surface area (Å²) in [4.78, 5) is 39.5. The first-order chi connectivity index (χ1) is 12.3. The van der Waals surface area contributed by atoms with Gasteiger partial charge in [0.2, 0.25) is 17.7 Å². The van der Waals surface area contributed by atoms with E-state index in [9.17, 15) is 14.4 Å². The van der Waals surface area contributed by atoms with Crippen LogP contribution in [0.25, 0.3) is 0 Å². The smallest absolute Gasteiger partial charge is 0.247 e. The number of likely N-dealkylation sites (tertiary alicyclic amines) is 1. The van der Waals surface area contributed by atoms with Gasteiger partial charge < -0.3 is 5.32 Å². The topological polar surface area (TPSA) is 66.5 Å². The number of hydrogen-bond acceptors (Lipinski definition) is 3. The third kappa shape index (κ3) is 2.54. The molecule has 3 aliphatic rings. The Morgan fingerprint density at radius 2 is 1.81 bits per heavy atom. The Morgan fingerprint density at radius 1 is 1.23 bits per heavy atom. The molecule has 1 aliphatic heterocycles. The number of aryl methyl sites for hydroxylation is 1. The molecule has 26 heavy (non-hydrogen) atoms. The maximum atomic E-state index is 12.8. The number of carbonyl (C=O) groups excluding carboxylic acids is 3. The highest BCUT2D eigenvalue weighted by atomic mass is 79.9. The van der Waals surface area contributed by atoms with Gasteiger partial charge in [-0.2, -0.15) is 0 Å². The highest BCUT2D eigenvalue weighted by Gasteiger charge is 2.60. The number of rotatable bonds is 3. The number of nitrogens with one attached hydrogen (secondary N) is 1. The Bertz CT molecular complexity index is 839. The maximum Gasteiger partial charge on any atom is 0.247 e. The fraction of sp³-hybridized carbons (Fsp3) is 0.421. The molecule has 1 aromatic rings. The van der Waals surface area contributed by atoms with Crippen LogP contribution in [-0.4, -0.2) is 28.7 Å². The lowest BCUT2D eigenvalue weighted by Gasteiger charge is -2.24. The molecule has 5 atom stereocenters. The van der Waals surface area contributed by atoms with Crippen molar-refractivity contribution in [2.45, 2.75) is 26.3 Å². The Kier molecular flexibility index (Phi) is 4.23. The zero-order valence-electron chi connectivity index (χ0n) is 14.3. The molecule has 1 heterocycles. The highest BCUT2D eigenvalue weighted by molar-refractivity contribution is 9.10. The summed E-state index contributed by atoms with van der Waals surface area (Å²) in [7, 11) is 0. The van der Waals surface area contributed by atoms with E-state index in [0.717, 1.165) is 21.4 Å². The Morgan fingerprint density at radius 3 is 2.38 bits per heavy atom. The van der Waals surface area contributed by atoms with Crippen molar-refractivity contribution in [1.82, 2.24) is 4.90 Å². The molecule has 2 aliphatic carbocycles. The molecule has 0 radical (unpaired) electrons. The molecule has 0 spiro atoms. The Labute approximate surface area is 164 Å². The van der Waals surface area contributed by atoms with Crippen molar-refractivity contribution in [3.63, 3.8) is 0 Å². The molecular formula is C19H18BrClN2O3. The normalized spacial score (nSPS) is 30.1. The summed E-state index contributed by atoms with van der Waals surface area (Å²) in [5.74, 6) is -1.15. The third-order valence-corrected chi connectivity index (χ3v) is 6.99. The molecule has 136 valence electrons. The van der Waals surface area contributed by atoms with Gasteiger partial charge in [0, 0.05) is 10.2 Å². The molecule has 1 saturated heterocycles. The minimum atomic E-state index is -0.859. The molecule has 1 N–H and O–H groups in total. The number of allylic oxidation sites excluding steroid dienone is 2. The summed E-state index contributed by atoms with van der Waals surface area (Å²) < 4.78 is 0.739. The quantitative estimate of drug-likeness (QED) is 0.581. The second-order valence-corrected chi connectivity index (χ2v) is 8.55. The first kappa shape index (κ1) is 17.7. The lowest BCUT2D eigenvalue weighted by molar-refractivity contribution is -0.146. The van der Waals surface area contributed by atoms with Crippen molar-refractivity contribution in [2.24, 2.45) is 23.7 Å². The van der Waals surface area contributed by atoms with Gasteiger partial charge in [0.25, 0.3) is 0 Å². The number of hydrogen-bond donors (Lipinski definition) is 1. The molecule has 2 bridgehead atoms. The van der Waals surface area contributed by atoms with Gasteiger partial charge >= 0.3 is 0 Å². The van der Waals surface area contributed by atoms with Gasteiger partial charge in [0.15, 0.2) is 0 Å². The minimum Gasteiger partial charge on any atom is -0.324 e. The maximum absolute atomic E-state index is 12.8. The second kappa shape index (κ2) is 6.20. The zero-order chi connectivity index (χ0) is 18.7. The highest BCUT2D eigenvalue weighted by Crippen LogP contribution is 2.52. The van der Waals surface area contributed by atoms with E-state index in [-0.39, 0.29) is 35.5 Å². The number of halogens is 2. The van der Waals surface area contributed by atoms with Crippen LogP contribution in [0.3, 0.4) is 0 Å². The van der Waals surface area contributed by atoms with Crippen LogP contribution in [0.1, 0.15) is 18.9 Å². The number of anilines is 1. The number of fused-ring (bicyclic) bond motifs is 5. The van der Waals surface area contributed by atoms with Crippen LogP contribution in [-0.2, 0) is 14.4 Å². The minimum absolute atomic E-state index is 0.134. The number of amides is 3. The first-order valence-corrected chi connectivity index (χ1v) is 9.78. The van der Waals surface area contributed by atoms with E-state index in [1.165, 1.54) is 0 Å². The summed E-state index contributed by atoms with van der Waals surface area (Å²) in [6, 6.07) is 2.60. The number of carbonyl (C=O) groups is 3.